The summed E-state index contributed by atoms with van der Waals surface area (Å²) >= 11 is 3.40. The minimum atomic E-state index is -0.285. The molecule has 1 aromatic heterocycles. The molecule has 1 saturated carbocycles. The van der Waals surface area contributed by atoms with Crippen molar-refractivity contribution in [3.05, 3.63) is 34.3 Å². The summed E-state index contributed by atoms with van der Waals surface area (Å²) < 4.78 is 0.903. The van der Waals surface area contributed by atoms with Gasteiger partial charge in [-0.1, -0.05) is 15.9 Å². The van der Waals surface area contributed by atoms with Crippen LogP contribution in [0, 0.1) is 0 Å². The third-order valence-electron chi connectivity index (χ3n) is 4.11. The number of carbonyl (C=O) groups excluding carboxylic acids is 1. The second kappa shape index (κ2) is 6.22. The summed E-state index contributed by atoms with van der Waals surface area (Å²) in [7, 11) is 0. The zero-order valence-corrected chi connectivity index (χ0v) is 13.6. The van der Waals surface area contributed by atoms with Gasteiger partial charge in [-0.15, -0.1) is 0 Å². The largest absolute Gasteiger partial charge is 0.493 e. The molecule has 3 rings (SSSR count). The maximum atomic E-state index is 12.4. The highest BCUT2D eigenvalue weighted by atomic mass is 79.9. The monoisotopic (exact) mass is 363 g/mol. The molecular weight excluding hydrogens is 346 g/mol. The predicted molar refractivity (Wildman–Crippen MR) is 88.8 cm³/mol. The van der Waals surface area contributed by atoms with E-state index in [-0.39, 0.29) is 29.4 Å². The van der Waals surface area contributed by atoms with Crippen LogP contribution >= 0.6 is 15.9 Å². The van der Waals surface area contributed by atoms with Crippen molar-refractivity contribution in [2.75, 3.05) is 0 Å². The first-order valence-corrected chi connectivity index (χ1v) is 8.18. The number of aromatic nitrogens is 1. The molecule has 1 amide bonds. The van der Waals surface area contributed by atoms with E-state index in [1.807, 2.05) is 12.1 Å². The number of nitrogens with one attached hydrogen (secondary N) is 1. The number of hydrogen-bond acceptors (Lipinski definition) is 4. The van der Waals surface area contributed by atoms with Crippen molar-refractivity contribution in [2.45, 2.75) is 37.8 Å². The van der Waals surface area contributed by atoms with Crippen LogP contribution < -0.4 is 11.1 Å². The fraction of sp³-hybridized carbons (Fsp3) is 0.375. The predicted octanol–water partition coefficient (Wildman–Crippen LogP) is 2.70. The molecule has 22 heavy (non-hydrogen) atoms. The van der Waals surface area contributed by atoms with Gasteiger partial charge in [-0.05, 0) is 49.9 Å². The lowest BCUT2D eigenvalue weighted by Crippen LogP contribution is -2.40. The Morgan fingerprint density at radius 3 is 2.73 bits per heavy atom. The van der Waals surface area contributed by atoms with Gasteiger partial charge in [0.25, 0.3) is 5.91 Å². The first-order chi connectivity index (χ1) is 10.5. The number of nitrogens with two attached hydrogens (primary N) is 1. The number of pyridine rings is 1. The normalized spacial score (nSPS) is 21.7. The minimum absolute atomic E-state index is 0.116. The van der Waals surface area contributed by atoms with Crippen LogP contribution in [0.25, 0.3) is 10.9 Å². The average Bonchev–Trinajstić information content (AvgIpc) is 2.49. The molecule has 0 spiro atoms. The van der Waals surface area contributed by atoms with Gasteiger partial charge in [0.15, 0.2) is 0 Å². The van der Waals surface area contributed by atoms with E-state index in [0.717, 1.165) is 35.5 Å². The Kier molecular flexibility index (Phi) is 4.31. The number of halogens is 1. The maximum Gasteiger partial charge on any atom is 0.257 e. The zero-order valence-electron chi connectivity index (χ0n) is 12.1. The molecule has 1 heterocycles. The first-order valence-electron chi connectivity index (χ1n) is 7.38. The van der Waals surface area contributed by atoms with Gasteiger partial charge in [-0.3, -0.25) is 4.79 Å². The van der Waals surface area contributed by atoms with E-state index in [1.165, 1.54) is 0 Å². The minimum Gasteiger partial charge on any atom is -0.493 e. The maximum absolute atomic E-state index is 12.4. The van der Waals surface area contributed by atoms with Crippen molar-refractivity contribution in [3.63, 3.8) is 0 Å². The highest BCUT2D eigenvalue weighted by Crippen LogP contribution is 2.25. The summed E-state index contributed by atoms with van der Waals surface area (Å²) in [5, 5.41) is 13.8. The molecule has 2 aromatic rings. The molecule has 4 N–H and O–H groups in total. The van der Waals surface area contributed by atoms with Crippen molar-refractivity contribution >= 4 is 32.7 Å². The number of aromatic hydroxyl groups is 1. The number of benzene rings is 1. The molecule has 5 nitrogen and oxygen atoms in total. The Morgan fingerprint density at radius 1 is 1.27 bits per heavy atom. The smallest absolute Gasteiger partial charge is 0.257 e. The Bertz CT molecular complexity index is 712. The van der Waals surface area contributed by atoms with Crippen LogP contribution in [0.1, 0.15) is 36.0 Å². The summed E-state index contributed by atoms with van der Waals surface area (Å²) in [6.45, 7) is 0. The van der Waals surface area contributed by atoms with Crippen LogP contribution in [0.2, 0.25) is 0 Å². The molecular formula is C16H18BrN3O2. The van der Waals surface area contributed by atoms with Crippen molar-refractivity contribution in [3.8, 4) is 5.88 Å². The Hall–Kier alpha value is -1.66. The molecule has 116 valence electrons. The lowest BCUT2D eigenvalue weighted by molar-refractivity contribution is 0.0922. The summed E-state index contributed by atoms with van der Waals surface area (Å²) in [6.07, 6.45) is 3.58. The molecule has 0 saturated heterocycles. The molecule has 0 unspecified atom stereocenters. The van der Waals surface area contributed by atoms with Crippen molar-refractivity contribution in [2.24, 2.45) is 5.73 Å². The molecule has 1 aliphatic carbocycles. The number of rotatable bonds is 2. The number of amides is 1. The van der Waals surface area contributed by atoms with E-state index in [1.54, 1.807) is 12.1 Å². The SMILES string of the molecule is N[C@H]1CC[C@H](NC(=O)c2cc3cc(Br)ccc3nc2O)CC1. The van der Waals surface area contributed by atoms with E-state index in [2.05, 4.69) is 26.2 Å². The molecule has 1 aliphatic rings. The number of hydrogen-bond donors (Lipinski definition) is 3. The van der Waals surface area contributed by atoms with Gasteiger partial charge in [-0.25, -0.2) is 4.98 Å². The van der Waals surface area contributed by atoms with E-state index < -0.39 is 0 Å². The Balaban J connectivity index is 1.82. The van der Waals surface area contributed by atoms with Gasteiger partial charge >= 0.3 is 0 Å². The second-order valence-corrected chi connectivity index (χ2v) is 6.70. The molecule has 0 radical (unpaired) electrons. The first kappa shape index (κ1) is 15.2. The van der Waals surface area contributed by atoms with Crippen molar-refractivity contribution < 1.29 is 9.90 Å². The molecule has 6 heteroatoms. The van der Waals surface area contributed by atoms with Crippen LogP contribution in [0.5, 0.6) is 5.88 Å². The van der Waals surface area contributed by atoms with Crippen molar-refractivity contribution in [1.29, 1.82) is 0 Å². The lowest BCUT2D eigenvalue weighted by atomic mass is 9.91. The molecule has 0 atom stereocenters. The standard InChI is InChI=1S/C16H18BrN3O2/c17-10-1-6-14-9(7-10)8-13(16(22)20-14)15(21)19-12-4-2-11(18)3-5-12/h1,6-8,11-12H,2-5,18H2,(H,19,21)(H,20,22)/t11-,12-. The Morgan fingerprint density at radius 2 is 2.00 bits per heavy atom. The molecule has 0 bridgehead atoms. The Labute approximate surface area is 137 Å². The van der Waals surface area contributed by atoms with Gasteiger partial charge in [0, 0.05) is 21.9 Å². The van der Waals surface area contributed by atoms with Gasteiger partial charge in [0.05, 0.1) is 5.52 Å². The van der Waals surface area contributed by atoms with Gasteiger partial charge in [0.1, 0.15) is 5.56 Å². The highest BCUT2D eigenvalue weighted by Gasteiger charge is 2.22. The number of fused-ring (bicyclic) bond motifs is 1. The molecule has 1 aromatic carbocycles. The molecule has 0 aliphatic heterocycles. The third-order valence-corrected chi connectivity index (χ3v) is 4.60. The fourth-order valence-corrected chi connectivity index (χ4v) is 3.21. The van der Waals surface area contributed by atoms with Gasteiger partial charge in [0.2, 0.25) is 5.88 Å². The second-order valence-electron chi connectivity index (χ2n) is 5.78. The molecule has 1 fully saturated rings. The van der Waals surface area contributed by atoms with Crippen LogP contribution in [0.3, 0.4) is 0 Å². The fourth-order valence-electron chi connectivity index (χ4n) is 2.83. The van der Waals surface area contributed by atoms with Crippen LogP contribution in [-0.4, -0.2) is 28.1 Å². The topological polar surface area (TPSA) is 88.2 Å². The zero-order chi connectivity index (χ0) is 15.7. The number of carbonyl (C=O) groups is 1. The van der Waals surface area contributed by atoms with Gasteiger partial charge in [-0.2, -0.15) is 0 Å². The van der Waals surface area contributed by atoms with E-state index in [4.69, 9.17) is 5.73 Å². The van der Waals surface area contributed by atoms with E-state index in [9.17, 15) is 9.90 Å². The van der Waals surface area contributed by atoms with Crippen LogP contribution in [0.4, 0.5) is 0 Å². The number of nitrogens with zero attached hydrogens (tertiary/aromatic N) is 1. The van der Waals surface area contributed by atoms with E-state index in [0.29, 0.717) is 5.52 Å². The van der Waals surface area contributed by atoms with Crippen LogP contribution in [-0.2, 0) is 0 Å². The average molecular weight is 364 g/mol. The summed E-state index contributed by atoms with van der Waals surface area (Å²) in [5.74, 6) is -0.521. The quantitative estimate of drug-likeness (QED) is 0.765. The summed E-state index contributed by atoms with van der Waals surface area (Å²) in [4.78, 5) is 16.5. The van der Waals surface area contributed by atoms with E-state index >= 15 is 0 Å². The highest BCUT2D eigenvalue weighted by molar-refractivity contribution is 9.10. The third kappa shape index (κ3) is 3.23. The summed E-state index contributed by atoms with van der Waals surface area (Å²) in [6, 6.07) is 7.54. The van der Waals surface area contributed by atoms with Crippen molar-refractivity contribution in [1.82, 2.24) is 10.3 Å². The van der Waals surface area contributed by atoms with Crippen LogP contribution in [0.15, 0.2) is 28.7 Å². The van der Waals surface area contributed by atoms with Gasteiger partial charge < -0.3 is 16.2 Å². The summed E-state index contributed by atoms with van der Waals surface area (Å²) in [5.41, 5.74) is 6.73. The lowest BCUT2D eigenvalue weighted by Gasteiger charge is -2.26.